The van der Waals surface area contributed by atoms with Crippen LogP contribution in [-0.4, -0.2) is 236 Å². The van der Waals surface area contributed by atoms with Gasteiger partial charge in [0.25, 0.3) is 11.9 Å². The minimum atomic E-state index is -1.56. The van der Waals surface area contributed by atoms with Crippen LogP contribution in [0.1, 0.15) is 122 Å². The number of carboxylic acids is 7. The average molecular weight is 1320 g/mol. The van der Waals surface area contributed by atoms with Crippen molar-refractivity contribution in [1.82, 2.24) is 51.9 Å². The van der Waals surface area contributed by atoms with Gasteiger partial charge in [-0.25, -0.2) is 14.4 Å². The third kappa shape index (κ3) is 37.2. The molecule has 2 fully saturated rings. The zero-order valence-electron chi connectivity index (χ0n) is 52.8. The number of unbranched alkanes of at least 4 members (excludes halogenated alkanes) is 3. The fraction of sp³-hybridized carbons (Fsp3) is 0.607. The van der Waals surface area contributed by atoms with Crippen LogP contribution >= 0.6 is 0 Å². The number of urea groups is 1. The van der Waals surface area contributed by atoms with E-state index in [9.17, 15) is 78.0 Å². The molecule has 32 heteroatoms. The number of hydrogen-bond donors (Lipinski definition) is 15. The van der Waals surface area contributed by atoms with E-state index in [1.54, 1.807) is 9.80 Å². The number of carboxylic acid groups (broad SMARTS) is 7. The number of nitrogens with one attached hydrogen (secondary N) is 7. The van der Waals surface area contributed by atoms with Crippen molar-refractivity contribution in [2.45, 2.75) is 147 Å². The van der Waals surface area contributed by atoms with Gasteiger partial charge in [-0.2, -0.15) is 0 Å². The van der Waals surface area contributed by atoms with Crippen LogP contribution in [0.3, 0.4) is 0 Å². The number of carbonyl (C=O) groups is 14. The standard InChI is InChI=1S/C57H85N11O17.2C2H4O2/c58-46(69)13-3-4-14-47(70)62-42(11-5-7-23-59-48(71)34-66-25-27-67(35-50(74)75)29-30-68(28-26-66)36-51(76)77)53(79)61-33-37-15-19-40(20-16-37)52(78)63-45(32-38-17-18-39-9-1-2-10-41(39)31-38)54(80)60-24-8-6-12-43(55(81)82)64-57(85)65-44(56(83)84)21-22-49(72)73;2*1-2(3)4/h1-2,9-10,17-18,31,37,40,42-45H,3-8,11-16,19-30,32-36H2,(H2,58,69)(H,59,71)(H,60,80)(H,61,79)(H,62,70)(H,63,78)(H,72,73)(H,74,75)(H,76,77)(H,81,82)(H,83,84)(H2,64,65,85);2*1H3,(H,3,4)/t37?,40?,42-,43-,44-,45?;;/m0../s1. The number of benzene rings is 2. The summed E-state index contributed by atoms with van der Waals surface area (Å²) in [6, 6.07) is 7.45. The lowest BCUT2D eigenvalue weighted by Gasteiger charge is -2.30. The topological polar surface area (TPSA) is 501 Å². The molecule has 16 N–H and O–H groups in total. The van der Waals surface area contributed by atoms with Crippen molar-refractivity contribution in [3.63, 3.8) is 0 Å². The van der Waals surface area contributed by atoms with Crippen LogP contribution in [0.5, 0.6) is 0 Å². The van der Waals surface area contributed by atoms with Crippen LogP contribution < -0.4 is 43.0 Å². The Morgan fingerprint density at radius 2 is 0.968 bits per heavy atom. The zero-order valence-corrected chi connectivity index (χ0v) is 52.8. The molecule has 1 heterocycles. The molecule has 2 aromatic carbocycles. The van der Waals surface area contributed by atoms with Crippen LogP contribution in [0, 0.1) is 11.8 Å². The molecule has 93 heavy (non-hydrogen) atoms. The molecule has 4 rings (SSSR count). The van der Waals surface area contributed by atoms with Gasteiger partial charge in [-0.1, -0.05) is 42.5 Å². The van der Waals surface area contributed by atoms with E-state index in [1.807, 2.05) is 47.4 Å². The maximum Gasteiger partial charge on any atom is 0.326 e. The van der Waals surface area contributed by atoms with Crippen molar-refractivity contribution < 1.29 is 103 Å². The predicted molar refractivity (Wildman–Crippen MR) is 334 cm³/mol. The lowest BCUT2D eigenvalue weighted by molar-refractivity contribution is -0.141. The molecule has 0 radical (unpaired) electrons. The van der Waals surface area contributed by atoms with Gasteiger partial charge in [0.15, 0.2) is 0 Å². The minimum absolute atomic E-state index is 0.000665. The Hall–Kier alpha value is -9.04. The summed E-state index contributed by atoms with van der Waals surface area (Å²) < 4.78 is 0. The molecule has 32 nitrogen and oxygen atoms in total. The third-order valence-corrected chi connectivity index (χ3v) is 15.0. The summed E-state index contributed by atoms with van der Waals surface area (Å²) in [6.07, 6.45) is 3.84. The molecule has 4 atom stereocenters. The SMILES string of the molecule is CC(=O)O.CC(=O)O.NC(=O)CCCCC(=O)N[C@@H](CCCCNC(=O)CN1CCN(CC(=O)O)CCN(CC(=O)O)CC1)C(=O)NCC1CCC(C(=O)NC(Cc2ccc3ccccc3c2)C(=O)NCCCC[C@H](NC(=O)N[C@@H](CCC(=O)O)C(=O)O)C(=O)O)CC1. The van der Waals surface area contributed by atoms with Crippen molar-refractivity contribution in [3.05, 3.63) is 48.0 Å². The molecule has 1 saturated heterocycles. The summed E-state index contributed by atoms with van der Waals surface area (Å²) in [5.74, 6) is -10.6. The molecular weight excluding hydrogens is 1220 g/mol. The molecule has 2 aliphatic rings. The lowest BCUT2D eigenvalue weighted by atomic mass is 9.81. The Bertz CT molecular complexity index is 2770. The van der Waals surface area contributed by atoms with Gasteiger partial charge in [0.2, 0.25) is 35.4 Å². The van der Waals surface area contributed by atoms with Crippen molar-refractivity contribution >= 4 is 94.0 Å². The Kier molecular flexibility index (Phi) is 38.3. The number of nitrogens with two attached hydrogens (primary N) is 1. The first kappa shape index (κ1) is 80.1. The second kappa shape index (κ2) is 44.5. The van der Waals surface area contributed by atoms with Gasteiger partial charge in [0, 0.05) is 104 Å². The van der Waals surface area contributed by atoms with Crippen LogP contribution in [0.2, 0.25) is 0 Å². The number of aliphatic carboxylic acids is 7. The second-order valence-corrected chi connectivity index (χ2v) is 22.8. The molecule has 1 aliphatic heterocycles. The fourth-order valence-corrected chi connectivity index (χ4v) is 10.2. The molecule has 518 valence electrons. The minimum Gasteiger partial charge on any atom is -0.481 e. The Morgan fingerprint density at radius 1 is 0.484 bits per heavy atom. The van der Waals surface area contributed by atoms with Crippen molar-refractivity contribution in [2.24, 2.45) is 17.6 Å². The molecule has 0 bridgehead atoms. The van der Waals surface area contributed by atoms with Gasteiger partial charge >= 0.3 is 35.9 Å². The number of amides is 8. The van der Waals surface area contributed by atoms with E-state index in [4.69, 9.17) is 30.6 Å². The highest BCUT2D eigenvalue weighted by molar-refractivity contribution is 5.90. The quantitative estimate of drug-likeness (QED) is 0.0403. The first-order chi connectivity index (χ1) is 44.0. The van der Waals surface area contributed by atoms with E-state index in [0.29, 0.717) is 90.6 Å². The van der Waals surface area contributed by atoms with Gasteiger partial charge < -0.3 is 78.7 Å². The normalized spacial score (nSPS) is 16.5. The Morgan fingerprint density at radius 3 is 1.48 bits per heavy atom. The largest absolute Gasteiger partial charge is 0.481 e. The zero-order chi connectivity index (χ0) is 69.4. The number of hydrogen-bond acceptors (Lipinski definition) is 17. The summed E-state index contributed by atoms with van der Waals surface area (Å²) in [6.45, 7) is 4.65. The van der Waals surface area contributed by atoms with Crippen molar-refractivity contribution in [1.29, 1.82) is 0 Å². The summed E-state index contributed by atoms with van der Waals surface area (Å²) in [5.41, 5.74) is 6.04. The number of carbonyl (C=O) groups excluding carboxylic acids is 7. The van der Waals surface area contributed by atoms with Gasteiger partial charge in [-0.15, -0.1) is 0 Å². The molecule has 1 aliphatic carbocycles. The lowest BCUT2D eigenvalue weighted by Crippen LogP contribution is -2.51. The summed E-state index contributed by atoms with van der Waals surface area (Å²) >= 11 is 0. The van der Waals surface area contributed by atoms with Gasteiger partial charge in [-0.3, -0.25) is 67.4 Å². The van der Waals surface area contributed by atoms with Gasteiger partial charge in [0.05, 0.1) is 19.6 Å². The molecule has 2 aromatic rings. The van der Waals surface area contributed by atoms with Crippen molar-refractivity contribution in [2.75, 3.05) is 78.5 Å². The first-order valence-electron chi connectivity index (χ1n) is 30.9. The van der Waals surface area contributed by atoms with Gasteiger partial charge in [0.1, 0.15) is 24.2 Å². The van der Waals surface area contributed by atoms with Crippen LogP contribution in [0.4, 0.5) is 4.79 Å². The summed E-state index contributed by atoms with van der Waals surface area (Å²) in [4.78, 5) is 172. The average Bonchev–Trinajstić information content (AvgIpc) is 1.43. The van der Waals surface area contributed by atoms with E-state index < -0.39 is 108 Å². The van der Waals surface area contributed by atoms with Crippen molar-refractivity contribution in [3.8, 4) is 0 Å². The van der Waals surface area contributed by atoms with E-state index >= 15 is 0 Å². The molecular formula is C61H93N11O21. The van der Waals surface area contributed by atoms with E-state index in [-0.39, 0.29) is 108 Å². The highest BCUT2D eigenvalue weighted by Gasteiger charge is 2.32. The molecule has 0 spiro atoms. The van der Waals surface area contributed by atoms with E-state index in [1.165, 1.54) is 0 Å². The van der Waals surface area contributed by atoms with Gasteiger partial charge in [-0.05, 0) is 106 Å². The Labute approximate surface area is 538 Å². The monoisotopic (exact) mass is 1320 g/mol. The first-order valence-corrected chi connectivity index (χ1v) is 30.9. The summed E-state index contributed by atoms with van der Waals surface area (Å²) in [5, 5.41) is 82.2. The number of primary amides is 1. The molecule has 1 unspecified atom stereocenters. The second-order valence-electron chi connectivity index (χ2n) is 22.8. The van der Waals surface area contributed by atoms with Crippen LogP contribution in [-0.2, 0) is 68.7 Å². The number of rotatable bonds is 37. The van der Waals surface area contributed by atoms with Crippen LogP contribution in [0.15, 0.2) is 42.5 Å². The third-order valence-electron chi connectivity index (χ3n) is 15.0. The molecule has 0 aromatic heterocycles. The van der Waals surface area contributed by atoms with E-state index in [0.717, 1.165) is 30.2 Å². The maximum absolute atomic E-state index is 13.9. The van der Waals surface area contributed by atoms with Crippen LogP contribution in [0.25, 0.3) is 10.8 Å². The number of nitrogens with zero attached hydrogens (tertiary/aromatic N) is 3. The number of fused-ring (bicyclic) bond motifs is 1. The molecule has 8 amide bonds. The highest BCUT2D eigenvalue weighted by atomic mass is 16.4. The fourth-order valence-electron chi connectivity index (χ4n) is 10.2. The smallest absolute Gasteiger partial charge is 0.326 e. The molecule has 1 saturated carbocycles. The maximum atomic E-state index is 13.9. The summed E-state index contributed by atoms with van der Waals surface area (Å²) in [7, 11) is 0. The van der Waals surface area contributed by atoms with E-state index in [2.05, 4.69) is 37.2 Å². The Balaban J connectivity index is 0.00000347. The highest BCUT2D eigenvalue weighted by Crippen LogP contribution is 2.29. The predicted octanol–water partition coefficient (Wildman–Crippen LogP) is 0.234.